The molecule has 21 heavy (non-hydrogen) atoms. The van der Waals surface area contributed by atoms with E-state index < -0.39 is 0 Å². The summed E-state index contributed by atoms with van der Waals surface area (Å²) in [6, 6.07) is 4.13. The summed E-state index contributed by atoms with van der Waals surface area (Å²) in [6.07, 6.45) is 1.51. The molecule has 0 aromatic heterocycles. The Hall–Kier alpha value is -1.91. The third-order valence-electron chi connectivity index (χ3n) is 3.75. The molecule has 1 aromatic carbocycles. The van der Waals surface area contributed by atoms with Crippen molar-refractivity contribution in [2.75, 3.05) is 19.7 Å². The predicted octanol–water partition coefficient (Wildman–Crippen LogP) is 2.55. The van der Waals surface area contributed by atoms with Crippen molar-refractivity contribution < 1.29 is 18.7 Å². The maximum atomic E-state index is 13.1. The van der Waals surface area contributed by atoms with Crippen LogP contribution in [0.1, 0.15) is 35.7 Å². The quantitative estimate of drug-likeness (QED) is 0.805. The van der Waals surface area contributed by atoms with Crippen LogP contribution in [0, 0.1) is 18.7 Å². The smallest absolute Gasteiger partial charge is 0.310 e. The molecule has 1 unspecified atom stereocenters. The van der Waals surface area contributed by atoms with E-state index in [0.29, 0.717) is 30.8 Å². The van der Waals surface area contributed by atoms with E-state index in [1.54, 1.807) is 18.7 Å². The molecule has 1 atom stereocenters. The number of likely N-dealkylation sites (tertiary alicyclic amines) is 1. The number of rotatable bonds is 3. The Bertz CT molecular complexity index is 544. The molecule has 2 rings (SSSR count). The molecule has 1 heterocycles. The van der Waals surface area contributed by atoms with Crippen molar-refractivity contribution in [2.24, 2.45) is 5.92 Å². The summed E-state index contributed by atoms with van der Waals surface area (Å²) < 4.78 is 18.1. The molecular formula is C16H20FNO3. The van der Waals surface area contributed by atoms with Crippen LogP contribution in [0.2, 0.25) is 0 Å². The predicted molar refractivity (Wildman–Crippen MR) is 76.4 cm³/mol. The van der Waals surface area contributed by atoms with Gasteiger partial charge in [0.05, 0.1) is 12.5 Å². The number of hydrogen-bond donors (Lipinski definition) is 0. The Labute approximate surface area is 123 Å². The molecule has 114 valence electrons. The minimum Gasteiger partial charge on any atom is -0.466 e. The molecule has 0 bridgehead atoms. The van der Waals surface area contributed by atoms with E-state index in [2.05, 4.69) is 0 Å². The van der Waals surface area contributed by atoms with E-state index >= 15 is 0 Å². The number of hydrogen-bond acceptors (Lipinski definition) is 3. The van der Waals surface area contributed by atoms with Crippen molar-refractivity contribution >= 4 is 11.9 Å². The molecule has 0 N–H and O–H groups in total. The first-order valence-electron chi connectivity index (χ1n) is 7.25. The van der Waals surface area contributed by atoms with Gasteiger partial charge in [0, 0.05) is 18.7 Å². The SMILES string of the molecule is CCOC(=O)C1CCCN(C(=O)c2ccc(F)cc2C)C1. The van der Waals surface area contributed by atoms with Gasteiger partial charge in [0.25, 0.3) is 5.91 Å². The standard InChI is InChI=1S/C16H20FNO3/c1-3-21-16(20)12-5-4-8-18(10-12)15(19)14-7-6-13(17)9-11(14)2/h6-7,9,12H,3-5,8,10H2,1-2H3. The van der Waals surface area contributed by atoms with Crippen molar-refractivity contribution in [1.29, 1.82) is 0 Å². The lowest BCUT2D eigenvalue weighted by atomic mass is 9.97. The molecule has 1 aromatic rings. The monoisotopic (exact) mass is 293 g/mol. The Morgan fingerprint density at radius 1 is 1.43 bits per heavy atom. The van der Waals surface area contributed by atoms with E-state index in [-0.39, 0.29) is 23.6 Å². The molecule has 0 spiro atoms. The first-order chi connectivity index (χ1) is 10.0. The van der Waals surface area contributed by atoms with E-state index in [4.69, 9.17) is 4.74 Å². The van der Waals surface area contributed by atoms with Crippen molar-refractivity contribution in [3.63, 3.8) is 0 Å². The van der Waals surface area contributed by atoms with Gasteiger partial charge in [-0.15, -0.1) is 0 Å². The Morgan fingerprint density at radius 3 is 2.86 bits per heavy atom. The van der Waals surface area contributed by atoms with Gasteiger partial charge in [0.1, 0.15) is 5.82 Å². The number of amides is 1. The van der Waals surface area contributed by atoms with Gasteiger partial charge in [-0.1, -0.05) is 0 Å². The summed E-state index contributed by atoms with van der Waals surface area (Å²) in [5.74, 6) is -1.01. The third-order valence-corrected chi connectivity index (χ3v) is 3.75. The second-order valence-electron chi connectivity index (χ2n) is 5.30. The van der Waals surface area contributed by atoms with E-state index in [1.807, 2.05) is 0 Å². The molecule has 5 heteroatoms. The van der Waals surface area contributed by atoms with Crippen LogP contribution in [-0.4, -0.2) is 36.5 Å². The molecule has 0 saturated carbocycles. The fourth-order valence-corrected chi connectivity index (χ4v) is 2.65. The number of carbonyl (C=O) groups is 2. The average molecular weight is 293 g/mol. The number of benzene rings is 1. The zero-order valence-electron chi connectivity index (χ0n) is 12.4. The first-order valence-corrected chi connectivity index (χ1v) is 7.25. The van der Waals surface area contributed by atoms with Crippen molar-refractivity contribution in [2.45, 2.75) is 26.7 Å². The minimum absolute atomic E-state index is 0.151. The van der Waals surface area contributed by atoms with E-state index in [1.165, 1.54) is 18.2 Å². The molecule has 1 amide bonds. The van der Waals surface area contributed by atoms with Crippen LogP contribution in [0.5, 0.6) is 0 Å². The fourth-order valence-electron chi connectivity index (χ4n) is 2.65. The maximum absolute atomic E-state index is 13.1. The van der Waals surface area contributed by atoms with Gasteiger partial charge in [0.2, 0.25) is 0 Å². The van der Waals surface area contributed by atoms with Gasteiger partial charge < -0.3 is 9.64 Å². The van der Waals surface area contributed by atoms with Gasteiger partial charge >= 0.3 is 5.97 Å². The number of piperidine rings is 1. The lowest BCUT2D eigenvalue weighted by Crippen LogP contribution is -2.43. The maximum Gasteiger partial charge on any atom is 0.310 e. The summed E-state index contributed by atoms with van der Waals surface area (Å²) in [7, 11) is 0. The molecule has 1 aliphatic heterocycles. The van der Waals surface area contributed by atoms with Crippen molar-refractivity contribution in [1.82, 2.24) is 4.90 Å². The van der Waals surface area contributed by atoms with Crippen LogP contribution >= 0.6 is 0 Å². The van der Waals surface area contributed by atoms with Crippen LogP contribution < -0.4 is 0 Å². The molecule has 0 radical (unpaired) electrons. The Balaban J connectivity index is 2.10. The summed E-state index contributed by atoms with van der Waals surface area (Å²) in [6.45, 7) is 4.81. The first kappa shape index (κ1) is 15.5. The zero-order valence-corrected chi connectivity index (χ0v) is 12.4. The van der Waals surface area contributed by atoms with Crippen LogP contribution in [-0.2, 0) is 9.53 Å². The van der Waals surface area contributed by atoms with E-state index in [9.17, 15) is 14.0 Å². The highest BCUT2D eigenvalue weighted by Crippen LogP contribution is 2.21. The lowest BCUT2D eigenvalue weighted by molar-refractivity contribution is -0.149. The van der Waals surface area contributed by atoms with Crippen LogP contribution in [0.15, 0.2) is 18.2 Å². The second kappa shape index (κ2) is 6.70. The molecule has 1 aliphatic rings. The average Bonchev–Trinajstić information content (AvgIpc) is 2.47. The normalized spacial score (nSPS) is 18.4. The highest BCUT2D eigenvalue weighted by molar-refractivity contribution is 5.96. The molecule has 1 fully saturated rings. The third kappa shape index (κ3) is 3.60. The highest BCUT2D eigenvalue weighted by Gasteiger charge is 2.30. The van der Waals surface area contributed by atoms with Gasteiger partial charge in [-0.25, -0.2) is 4.39 Å². The Kier molecular flexibility index (Phi) is 4.94. The number of halogens is 1. The Morgan fingerprint density at radius 2 is 2.19 bits per heavy atom. The van der Waals surface area contributed by atoms with Crippen LogP contribution in [0.4, 0.5) is 4.39 Å². The van der Waals surface area contributed by atoms with Gasteiger partial charge in [-0.3, -0.25) is 9.59 Å². The minimum atomic E-state index is -0.355. The van der Waals surface area contributed by atoms with Gasteiger partial charge in [0.15, 0.2) is 0 Å². The lowest BCUT2D eigenvalue weighted by Gasteiger charge is -2.32. The molecule has 0 aliphatic carbocycles. The fraction of sp³-hybridized carbons (Fsp3) is 0.500. The summed E-state index contributed by atoms with van der Waals surface area (Å²) in [4.78, 5) is 26.0. The summed E-state index contributed by atoms with van der Waals surface area (Å²) in [5, 5.41) is 0. The molecular weight excluding hydrogens is 273 g/mol. The number of aryl methyl sites for hydroxylation is 1. The van der Waals surface area contributed by atoms with Crippen molar-refractivity contribution in [3.05, 3.63) is 35.1 Å². The second-order valence-corrected chi connectivity index (χ2v) is 5.30. The number of carbonyl (C=O) groups excluding carboxylic acids is 2. The van der Waals surface area contributed by atoms with Crippen molar-refractivity contribution in [3.8, 4) is 0 Å². The molecule has 1 saturated heterocycles. The summed E-state index contributed by atoms with van der Waals surface area (Å²) in [5.41, 5.74) is 1.10. The molecule has 4 nitrogen and oxygen atoms in total. The number of ether oxygens (including phenoxy) is 1. The van der Waals surface area contributed by atoms with Gasteiger partial charge in [-0.05, 0) is 50.5 Å². The number of esters is 1. The van der Waals surface area contributed by atoms with Crippen LogP contribution in [0.3, 0.4) is 0 Å². The van der Waals surface area contributed by atoms with Gasteiger partial charge in [-0.2, -0.15) is 0 Å². The topological polar surface area (TPSA) is 46.6 Å². The van der Waals surface area contributed by atoms with Crippen LogP contribution in [0.25, 0.3) is 0 Å². The highest BCUT2D eigenvalue weighted by atomic mass is 19.1. The number of nitrogens with zero attached hydrogens (tertiary/aromatic N) is 1. The summed E-state index contributed by atoms with van der Waals surface area (Å²) >= 11 is 0. The largest absolute Gasteiger partial charge is 0.466 e. The zero-order chi connectivity index (χ0) is 15.4. The van der Waals surface area contributed by atoms with E-state index in [0.717, 1.165) is 12.8 Å².